The molecule has 1 aliphatic rings. The number of rotatable bonds is 2. The molecule has 0 bridgehead atoms. The largest absolute Gasteiger partial charge is 0.496 e. The number of carbonyl (C=O) groups excluding carboxylic acids is 1. The van der Waals surface area contributed by atoms with E-state index >= 15 is 0 Å². The van der Waals surface area contributed by atoms with Gasteiger partial charge in [-0.15, -0.1) is 0 Å². The summed E-state index contributed by atoms with van der Waals surface area (Å²) < 4.78 is 6.44. The van der Waals surface area contributed by atoms with Crippen LogP contribution < -0.4 is 10.1 Å². The zero-order valence-corrected chi connectivity index (χ0v) is 14.8. The second-order valence-corrected chi connectivity index (χ2v) is 6.84. The molecule has 3 nitrogen and oxygen atoms in total. The molecule has 3 aromatic rings. The number of ether oxygens (including phenoxy) is 1. The maximum absolute atomic E-state index is 12.9. The van der Waals surface area contributed by atoms with E-state index in [1.165, 1.54) is 0 Å². The van der Waals surface area contributed by atoms with Gasteiger partial charge in [-0.25, -0.2) is 0 Å². The Hall–Kier alpha value is -2.33. The first-order valence-corrected chi connectivity index (χ1v) is 8.61. The molecule has 4 rings (SSSR count). The lowest BCUT2D eigenvalue weighted by molar-refractivity contribution is 0.0973. The van der Waals surface area contributed by atoms with E-state index in [2.05, 4.69) is 27.3 Å². The van der Waals surface area contributed by atoms with E-state index in [0.717, 1.165) is 37.8 Å². The molecule has 0 amide bonds. The van der Waals surface area contributed by atoms with Gasteiger partial charge < -0.3 is 10.1 Å². The first-order chi connectivity index (χ1) is 11.7. The van der Waals surface area contributed by atoms with Gasteiger partial charge in [0.05, 0.1) is 13.2 Å². The zero-order valence-electron chi connectivity index (χ0n) is 13.2. The van der Waals surface area contributed by atoms with Crippen LogP contribution in [0.15, 0.2) is 59.1 Å². The van der Waals surface area contributed by atoms with Crippen molar-refractivity contribution in [2.75, 3.05) is 12.4 Å². The van der Waals surface area contributed by atoms with Crippen molar-refractivity contribution < 1.29 is 9.53 Å². The molecule has 1 atom stereocenters. The molecule has 1 heterocycles. The highest BCUT2D eigenvalue weighted by Gasteiger charge is 2.29. The number of Topliss-reactive ketones (excluding diaryl/α,β-unsaturated/α-hetero) is 1. The van der Waals surface area contributed by atoms with Crippen LogP contribution in [0.25, 0.3) is 10.8 Å². The molecule has 1 N–H and O–H groups in total. The van der Waals surface area contributed by atoms with Gasteiger partial charge in [-0.2, -0.15) is 0 Å². The average Bonchev–Trinajstić information content (AvgIpc) is 2.61. The van der Waals surface area contributed by atoms with Crippen LogP contribution in [0.3, 0.4) is 0 Å². The van der Waals surface area contributed by atoms with Gasteiger partial charge in [0.25, 0.3) is 0 Å². The van der Waals surface area contributed by atoms with Crippen LogP contribution in [0.2, 0.25) is 0 Å². The molecule has 0 saturated carbocycles. The van der Waals surface area contributed by atoms with Gasteiger partial charge in [0.2, 0.25) is 0 Å². The van der Waals surface area contributed by atoms with E-state index < -0.39 is 0 Å². The van der Waals surface area contributed by atoms with E-state index in [1.54, 1.807) is 7.11 Å². The molecule has 0 spiro atoms. The minimum absolute atomic E-state index is 0.0985. The van der Waals surface area contributed by atoms with E-state index in [4.69, 9.17) is 4.74 Å². The first kappa shape index (κ1) is 15.2. The molecule has 0 aliphatic carbocycles. The number of anilines is 1. The van der Waals surface area contributed by atoms with Crippen molar-refractivity contribution in [1.29, 1.82) is 0 Å². The minimum atomic E-state index is -0.0985. The monoisotopic (exact) mass is 381 g/mol. The minimum Gasteiger partial charge on any atom is -0.496 e. The van der Waals surface area contributed by atoms with Gasteiger partial charge >= 0.3 is 0 Å². The number of methoxy groups -OCH3 is 1. The van der Waals surface area contributed by atoms with E-state index in [0.29, 0.717) is 6.42 Å². The Morgan fingerprint density at radius 1 is 1.12 bits per heavy atom. The average molecular weight is 382 g/mol. The molecule has 0 fully saturated rings. The summed E-state index contributed by atoms with van der Waals surface area (Å²) in [6.07, 6.45) is 0.411. The second kappa shape index (κ2) is 5.95. The smallest absolute Gasteiger partial charge is 0.167 e. The summed E-state index contributed by atoms with van der Waals surface area (Å²) >= 11 is 3.50. The van der Waals surface area contributed by atoms with Gasteiger partial charge in [0.15, 0.2) is 5.78 Å². The Balaban J connectivity index is 1.82. The van der Waals surface area contributed by atoms with E-state index in [-0.39, 0.29) is 11.8 Å². The lowest BCUT2D eigenvalue weighted by atomic mass is 9.89. The highest BCUT2D eigenvalue weighted by Crippen LogP contribution is 2.39. The topological polar surface area (TPSA) is 38.3 Å². The molecular formula is C20H16BrNO2. The molecule has 120 valence electrons. The standard InChI is InChI=1S/C20H16BrNO2/c1-24-19-9-7-13(21)10-15(19)17-11-18(23)20-14-5-3-2-4-12(14)6-8-16(20)22-17/h2-10,17,22H,11H2,1H3. The van der Waals surface area contributed by atoms with Crippen LogP contribution in [0.1, 0.15) is 28.4 Å². The van der Waals surface area contributed by atoms with Crippen LogP contribution in [-0.2, 0) is 0 Å². The third-order valence-corrected chi connectivity index (χ3v) is 4.99. The highest BCUT2D eigenvalue weighted by atomic mass is 79.9. The number of halogens is 1. The lowest BCUT2D eigenvalue weighted by Crippen LogP contribution is -2.23. The maximum atomic E-state index is 12.9. The van der Waals surface area contributed by atoms with Crippen molar-refractivity contribution >= 4 is 38.2 Å². The molecule has 0 aromatic heterocycles. The Bertz CT molecular complexity index is 952. The van der Waals surface area contributed by atoms with Crippen molar-refractivity contribution in [1.82, 2.24) is 0 Å². The SMILES string of the molecule is COc1ccc(Br)cc1C1CC(=O)c2c(ccc3ccccc23)N1. The van der Waals surface area contributed by atoms with Crippen LogP contribution in [0, 0.1) is 0 Å². The Morgan fingerprint density at radius 3 is 2.79 bits per heavy atom. The fourth-order valence-electron chi connectivity index (χ4n) is 3.38. The molecule has 0 radical (unpaired) electrons. The van der Waals surface area contributed by atoms with Crippen molar-refractivity contribution in [3.05, 3.63) is 70.2 Å². The molecule has 3 aromatic carbocycles. The van der Waals surface area contributed by atoms with Crippen molar-refractivity contribution in [3.8, 4) is 5.75 Å². The molecular weight excluding hydrogens is 366 g/mol. The summed E-state index contributed by atoms with van der Waals surface area (Å²) in [4.78, 5) is 12.9. The number of fused-ring (bicyclic) bond motifs is 3. The molecule has 24 heavy (non-hydrogen) atoms. The number of nitrogens with one attached hydrogen (secondary N) is 1. The van der Waals surface area contributed by atoms with Crippen molar-refractivity contribution in [2.45, 2.75) is 12.5 Å². The van der Waals surface area contributed by atoms with Crippen LogP contribution in [-0.4, -0.2) is 12.9 Å². The fraction of sp³-hybridized carbons (Fsp3) is 0.150. The number of ketones is 1. The van der Waals surface area contributed by atoms with E-state index in [1.807, 2.05) is 48.5 Å². The van der Waals surface area contributed by atoms with Crippen molar-refractivity contribution in [2.24, 2.45) is 0 Å². The third kappa shape index (κ3) is 2.47. The number of hydrogen-bond acceptors (Lipinski definition) is 3. The number of hydrogen-bond donors (Lipinski definition) is 1. The third-order valence-electron chi connectivity index (χ3n) is 4.49. The van der Waals surface area contributed by atoms with Crippen LogP contribution in [0.4, 0.5) is 5.69 Å². The normalized spacial score (nSPS) is 16.6. The highest BCUT2D eigenvalue weighted by molar-refractivity contribution is 9.10. The molecule has 1 unspecified atom stereocenters. The molecule has 1 aliphatic heterocycles. The van der Waals surface area contributed by atoms with Gasteiger partial charge in [-0.1, -0.05) is 46.3 Å². The van der Waals surface area contributed by atoms with E-state index in [9.17, 15) is 4.79 Å². The summed E-state index contributed by atoms with van der Waals surface area (Å²) in [7, 11) is 1.65. The maximum Gasteiger partial charge on any atom is 0.167 e. The summed E-state index contributed by atoms with van der Waals surface area (Å²) in [5.74, 6) is 0.945. The summed E-state index contributed by atoms with van der Waals surface area (Å²) in [6, 6.07) is 17.8. The lowest BCUT2D eigenvalue weighted by Gasteiger charge is -2.28. The Labute approximate surface area is 148 Å². The summed E-state index contributed by atoms with van der Waals surface area (Å²) in [5, 5.41) is 5.61. The predicted molar refractivity (Wildman–Crippen MR) is 100.0 cm³/mol. The summed E-state index contributed by atoms with van der Waals surface area (Å²) in [6.45, 7) is 0. The number of benzene rings is 3. The second-order valence-electron chi connectivity index (χ2n) is 5.92. The fourth-order valence-corrected chi connectivity index (χ4v) is 3.76. The van der Waals surface area contributed by atoms with Gasteiger partial charge in [0.1, 0.15) is 5.75 Å². The molecule has 4 heteroatoms. The molecule has 0 saturated heterocycles. The Morgan fingerprint density at radius 2 is 1.96 bits per heavy atom. The van der Waals surface area contributed by atoms with Crippen LogP contribution in [0.5, 0.6) is 5.75 Å². The van der Waals surface area contributed by atoms with Gasteiger partial charge in [0, 0.05) is 27.7 Å². The van der Waals surface area contributed by atoms with Crippen LogP contribution >= 0.6 is 15.9 Å². The zero-order chi connectivity index (χ0) is 16.7. The Kier molecular flexibility index (Phi) is 3.77. The first-order valence-electron chi connectivity index (χ1n) is 7.82. The summed E-state index contributed by atoms with van der Waals surface area (Å²) in [5.41, 5.74) is 2.66. The van der Waals surface area contributed by atoms with Gasteiger partial charge in [-0.05, 0) is 35.0 Å². The predicted octanol–water partition coefficient (Wildman–Crippen LogP) is 5.35. The quantitative estimate of drug-likeness (QED) is 0.649. The van der Waals surface area contributed by atoms with Crippen molar-refractivity contribution in [3.63, 3.8) is 0 Å². The number of carbonyl (C=O) groups is 1. The van der Waals surface area contributed by atoms with Gasteiger partial charge in [-0.3, -0.25) is 4.79 Å².